The summed E-state index contributed by atoms with van der Waals surface area (Å²) in [5.41, 5.74) is -0.717. The number of hydrogen-bond donors (Lipinski definition) is 2. The van der Waals surface area contributed by atoms with E-state index in [4.69, 9.17) is 4.74 Å². The van der Waals surface area contributed by atoms with Crippen LogP contribution in [0, 0.1) is 0 Å². The maximum Gasteiger partial charge on any atom is 0.340 e. The maximum atomic E-state index is 11.8. The summed E-state index contributed by atoms with van der Waals surface area (Å²) in [5.74, 6) is -2.81. The first-order valence-electron chi connectivity index (χ1n) is 9.08. The van der Waals surface area contributed by atoms with E-state index in [1.165, 1.54) is 42.5 Å². The second-order valence-electron chi connectivity index (χ2n) is 5.88. The van der Waals surface area contributed by atoms with Crippen LogP contribution in [0.3, 0.4) is 0 Å². The molecule has 174 valence electrons. The molecule has 2 N–H and O–H groups in total. The Kier molecular flexibility index (Phi) is 13.4. The third kappa shape index (κ3) is 8.32. The molecule has 11 nitrogen and oxygen atoms in total. The van der Waals surface area contributed by atoms with Gasteiger partial charge in [0.25, 0.3) is 0 Å². The summed E-state index contributed by atoms with van der Waals surface area (Å²) in [6, 6.07) is 8.40. The first kappa shape index (κ1) is 28.0. The molecule has 0 bridgehead atoms. The van der Waals surface area contributed by atoms with Crippen molar-refractivity contribution in [1.82, 2.24) is 10.6 Å². The summed E-state index contributed by atoms with van der Waals surface area (Å²) in [5, 5.41) is 5.08. The lowest BCUT2D eigenvalue weighted by molar-refractivity contribution is -0.167. The third-order valence-corrected chi connectivity index (χ3v) is 4.09. The van der Waals surface area contributed by atoms with E-state index < -0.39 is 35.5 Å². The molecule has 0 atom stereocenters. The quantitative estimate of drug-likeness (QED) is 0.273. The normalized spacial score (nSPS) is 10.4. The molecule has 31 heavy (non-hydrogen) atoms. The molecule has 0 spiro atoms. The van der Waals surface area contributed by atoms with E-state index in [9.17, 15) is 19.2 Å². The van der Waals surface area contributed by atoms with Gasteiger partial charge in [0.05, 0.1) is 41.7 Å². The van der Waals surface area contributed by atoms with Crippen molar-refractivity contribution >= 4 is 23.9 Å². The molecule has 0 saturated heterocycles. The van der Waals surface area contributed by atoms with Crippen LogP contribution in [0.25, 0.3) is 0 Å². The zero-order chi connectivity index (χ0) is 23.9. The van der Waals surface area contributed by atoms with Crippen LogP contribution >= 0.6 is 0 Å². The van der Waals surface area contributed by atoms with Gasteiger partial charge in [-0.05, 0) is 19.7 Å². The van der Waals surface area contributed by atoms with E-state index in [0.29, 0.717) is 0 Å². The smallest absolute Gasteiger partial charge is 0.340 e. The largest absolute Gasteiger partial charge is 0.467 e. The van der Waals surface area contributed by atoms with Crippen LogP contribution in [-0.2, 0) is 49.5 Å². The highest BCUT2D eigenvalue weighted by molar-refractivity contribution is 6.05. The number of hydrogen-bond acceptors (Lipinski definition) is 11. The van der Waals surface area contributed by atoms with Crippen molar-refractivity contribution in [2.24, 2.45) is 0 Å². The zero-order valence-electron chi connectivity index (χ0n) is 18.6. The molecule has 0 aliphatic carbocycles. The molecule has 0 saturated carbocycles. The lowest BCUT2D eigenvalue weighted by atomic mass is 10.0. The average molecular weight is 442 g/mol. The highest BCUT2D eigenvalue weighted by Crippen LogP contribution is 2.12. The van der Waals surface area contributed by atoms with Crippen LogP contribution in [0.5, 0.6) is 0 Å². The van der Waals surface area contributed by atoms with Crippen LogP contribution in [0.15, 0.2) is 30.3 Å². The minimum atomic E-state index is -1.65. The number of carbonyl (C=O) groups excluding carboxylic acids is 4. The Balaban J connectivity index is 0.000000695. The van der Waals surface area contributed by atoms with Crippen LogP contribution in [0.2, 0.25) is 0 Å². The number of likely N-dealkylation sites (N-methyl/N-ethyl adjacent to an activating group) is 2. The Morgan fingerprint density at radius 3 is 1.68 bits per heavy atom. The van der Waals surface area contributed by atoms with Gasteiger partial charge in [-0.3, -0.25) is 10.6 Å². The molecule has 1 rings (SSSR count). The Bertz CT molecular complexity index is 678. The number of benzene rings is 1. The fourth-order valence-corrected chi connectivity index (χ4v) is 2.29. The second kappa shape index (κ2) is 14.9. The van der Waals surface area contributed by atoms with Gasteiger partial charge in [-0.15, -0.1) is 0 Å². The van der Waals surface area contributed by atoms with E-state index in [0.717, 1.165) is 5.56 Å². The van der Waals surface area contributed by atoms with Gasteiger partial charge in [0.15, 0.2) is 0 Å². The topological polar surface area (TPSA) is 138 Å². The van der Waals surface area contributed by atoms with Crippen LogP contribution in [-0.4, -0.2) is 84.6 Å². The SMILES string of the molecule is CNC(C(=O)OC)C(=O)OC.CNC(COCc1ccccc1)(C(=O)OC)C(=O)OC. The summed E-state index contributed by atoms with van der Waals surface area (Å²) in [4.78, 5) is 45.2. The van der Waals surface area contributed by atoms with Gasteiger partial charge in [-0.1, -0.05) is 30.3 Å². The van der Waals surface area contributed by atoms with Crippen LogP contribution < -0.4 is 10.6 Å². The number of esters is 4. The van der Waals surface area contributed by atoms with Crippen LogP contribution in [0.4, 0.5) is 0 Å². The molecular weight excluding hydrogens is 412 g/mol. The minimum Gasteiger partial charge on any atom is -0.467 e. The fraction of sp³-hybridized carbons (Fsp3) is 0.500. The number of nitrogens with one attached hydrogen (secondary N) is 2. The zero-order valence-corrected chi connectivity index (χ0v) is 18.6. The number of ether oxygens (including phenoxy) is 5. The van der Waals surface area contributed by atoms with Gasteiger partial charge in [0, 0.05) is 0 Å². The van der Waals surface area contributed by atoms with E-state index in [2.05, 4.69) is 29.6 Å². The summed E-state index contributed by atoms with van der Waals surface area (Å²) in [6.45, 7) is 0.0933. The van der Waals surface area contributed by atoms with Crippen molar-refractivity contribution in [3.63, 3.8) is 0 Å². The molecule has 0 fully saturated rings. The summed E-state index contributed by atoms with van der Waals surface area (Å²) in [7, 11) is 7.76. The van der Waals surface area contributed by atoms with Gasteiger partial charge in [0.1, 0.15) is 0 Å². The van der Waals surface area contributed by atoms with Gasteiger partial charge < -0.3 is 23.7 Å². The molecule has 0 aliphatic rings. The monoisotopic (exact) mass is 442 g/mol. The standard InChI is InChI=1S/C14H19NO5.C6H11NO4/c1-15-14(12(16)18-2,13(17)19-3)10-20-9-11-7-5-4-6-8-11;1-7-4(5(8)10-2)6(9)11-3/h4-8,15H,9-10H2,1-3H3;4,7H,1-3H3. The third-order valence-electron chi connectivity index (χ3n) is 4.09. The molecule has 0 amide bonds. The fourth-order valence-electron chi connectivity index (χ4n) is 2.29. The van der Waals surface area contributed by atoms with E-state index in [1.807, 2.05) is 30.3 Å². The molecule has 0 radical (unpaired) electrons. The van der Waals surface area contributed by atoms with Crippen molar-refractivity contribution in [1.29, 1.82) is 0 Å². The molecule has 11 heteroatoms. The van der Waals surface area contributed by atoms with Gasteiger partial charge in [0.2, 0.25) is 11.6 Å². The van der Waals surface area contributed by atoms with Gasteiger partial charge in [-0.2, -0.15) is 0 Å². The molecule has 0 heterocycles. The van der Waals surface area contributed by atoms with E-state index >= 15 is 0 Å². The maximum absolute atomic E-state index is 11.8. The van der Waals surface area contributed by atoms with E-state index in [1.54, 1.807) is 0 Å². The predicted molar refractivity (Wildman–Crippen MR) is 109 cm³/mol. The molecule has 0 aliphatic heterocycles. The van der Waals surface area contributed by atoms with Crippen molar-refractivity contribution in [3.05, 3.63) is 35.9 Å². The number of carbonyl (C=O) groups is 4. The predicted octanol–water partition coefficient (Wildman–Crippen LogP) is -0.572. The average Bonchev–Trinajstić information content (AvgIpc) is 2.82. The van der Waals surface area contributed by atoms with E-state index in [-0.39, 0.29) is 13.2 Å². The molecule has 0 aromatic heterocycles. The Morgan fingerprint density at radius 1 is 0.839 bits per heavy atom. The summed E-state index contributed by atoms with van der Waals surface area (Å²) in [6.07, 6.45) is 0. The lowest BCUT2D eigenvalue weighted by Crippen LogP contribution is -2.61. The van der Waals surface area contributed by atoms with Gasteiger partial charge in [-0.25, -0.2) is 19.2 Å². The van der Waals surface area contributed by atoms with Crippen molar-refractivity contribution < 1.29 is 42.9 Å². The highest BCUT2D eigenvalue weighted by atomic mass is 16.6. The van der Waals surface area contributed by atoms with Gasteiger partial charge >= 0.3 is 23.9 Å². The Hall–Kier alpha value is -3.02. The lowest BCUT2D eigenvalue weighted by Gasteiger charge is -2.27. The molecular formula is C20H30N2O9. The second-order valence-corrected chi connectivity index (χ2v) is 5.88. The molecule has 1 aromatic rings. The number of methoxy groups -OCH3 is 4. The van der Waals surface area contributed by atoms with Crippen molar-refractivity contribution in [3.8, 4) is 0 Å². The Labute approximate surface area is 181 Å². The van der Waals surface area contributed by atoms with Crippen LogP contribution in [0.1, 0.15) is 5.56 Å². The van der Waals surface area contributed by atoms with Crippen molar-refractivity contribution in [2.45, 2.75) is 18.2 Å². The first-order valence-corrected chi connectivity index (χ1v) is 9.08. The number of rotatable bonds is 10. The summed E-state index contributed by atoms with van der Waals surface area (Å²) < 4.78 is 23.4. The molecule has 1 aromatic carbocycles. The Morgan fingerprint density at radius 2 is 1.32 bits per heavy atom. The molecule has 0 unspecified atom stereocenters. The van der Waals surface area contributed by atoms with Crippen molar-refractivity contribution in [2.75, 3.05) is 49.1 Å². The summed E-state index contributed by atoms with van der Waals surface area (Å²) >= 11 is 0. The first-order chi connectivity index (χ1) is 14.8. The highest BCUT2D eigenvalue weighted by Gasteiger charge is 2.47. The minimum absolute atomic E-state index is 0.183.